The molecular weight excluding hydrogens is 332 g/mol. The Bertz CT molecular complexity index is 806. The first-order valence-corrected chi connectivity index (χ1v) is 9.36. The zero-order chi connectivity index (χ0) is 18.0. The van der Waals surface area contributed by atoms with Crippen LogP contribution in [-0.4, -0.2) is 23.6 Å². The number of carbonyl (C=O) groups is 2. The lowest BCUT2D eigenvalue weighted by Gasteiger charge is -2.38. The molecule has 130 valence electrons. The van der Waals surface area contributed by atoms with Gasteiger partial charge in [0.2, 0.25) is 11.8 Å². The van der Waals surface area contributed by atoms with Crippen LogP contribution in [0, 0.1) is 6.92 Å². The number of fused-ring (bicyclic) bond motifs is 1. The van der Waals surface area contributed by atoms with Crippen LogP contribution in [-0.2, 0) is 9.59 Å². The predicted molar refractivity (Wildman–Crippen MR) is 102 cm³/mol. The van der Waals surface area contributed by atoms with Crippen molar-refractivity contribution >= 4 is 29.3 Å². The molecule has 0 unspecified atom stereocenters. The van der Waals surface area contributed by atoms with Crippen LogP contribution in [0.4, 0.5) is 5.69 Å². The Balaban J connectivity index is 1.83. The van der Waals surface area contributed by atoms with Crippen molar-refractivity contribution in [2.45, 2.75) is 37.1 Å². The van der Waals surface area contributed by atoms with Gasteiger partial charge >= 0.3 is 0 Å². The fraction of sp³-hybridized carbons (Fsp3) is 0.300. The molecule has 0 spiro atoms. The molecular formula is C20H22N2O2S. The highest BCUT2D eigenvalue weighted by Gasteiger charge is 2.35. The van der Waals surface area contributed by atoms with Crippen molar-refractivity contribution in [2.24, 2.45) is 5.73 Å². The maximum absolute atomic E-state index is 12.9. The lowest BCUT2D eigenvalue weighted by Crippen LogP contribution is -2.46. The van der Waals surface area contributed by atoms with Crippen LogP contribution in [0.1, 0.15) is 30.4 Å². The van der Waals surface area contributed by atoms with Crippen LogP contribution in [0.3, 0.4) is 0 Å². The molecule has 2 N–H and O–H groups in total. The van der Waals surface area contributed by atoms with Gasteiger partial charge in [-0.25, -0.2) is 0 Å². The van der Waals surface area contributed by atoms with Gasteiger partial charge in [-0.1, -0.05) is 36.4 Å². The maximum atomic E-state index is 12.9. The van der Waals surface area contributed by atoms with Crippen molar-refractivity contribution in [3.63, 3.8) is 0 Å². The molecule has 3 rings (SSSR count). The van der Waals surface area contributed by atoms with E-state index in [0.717, 1.165) is 16.1 Å². The Hall–Kier alpha value is -2.27. The minimum atomic E-state index is -0.334. The zero-order valence-electron chi connectivity index (χ0n) is 14.4. The van der Waals surface area contributed by atoms with Crippen LogP contribution >= 0.6 is 11.8 Å². The number of para-hydroxylation sites is 1. The fourth-order valence-electron chi connectivity index (χ4n) is 3.39. The van der Waals surface area contributed by atoms with E-state index in [1.807, 2.05) is 67.3 Å². The van der Waals surface area contributed by atoms with E-state index in [0.29, 0.717) is 12.2 Å². The smallest absolute Gasteiger partial charge is 0.237 e. The average Bonchev–Trinajstić information content (AvgIpc) is 2.60. The van der Waals surface area contributed by atoms with Crippen LogP contribution < -0.4 is 10.6 Å². The van der Waals surface area contributed by atoms with Gasteiger partial charge in [0, 0.05) is 16.6 Å². The molecule has 0 saturated carbocycles. The monoisotopic (exact) mass is 354 g/mol. The van der Waals surface area contributed by atoms with Crippen molar-refractivity contribution in [3.05, 3.63) is 59.7 Å². The minimum Gasteiger partial charge on any atom is -0.369 e. The predicted octanol–water partition coefficient (Wildman–Crippen LogP) is 3.48. The summed E-state index contributed by atoms with van der Waals surface area (Å²) in [6.07, 6.45) is 0.563. The van der Waals surface area contributed by atoms with E-state index in [9.17, 15) is 9.59 Å². The molecule has 2 amide bonds. The molecule has 0 fully saturated rings. The molecule has 0 bridgehead atoms. The van der Waals surface area contributed by atoms with Crippen molar-refractivity contribution in [1.29, 1.82) is 0 Å². The van der Waals surface area contributed by atoms with E-state index in [-0.39, 0.29) is 23.8 Å². The highest BCUT2D eigenvalue weighted by molar-refractivity contribution is 8.00. The number of amides is 2. The molecule has 0 aliphatic carbocycles. The van der Waals surface area contributed by atoms with Gasteiger partial charge in [0.05, 0.1) is 11.7 Å². The van der Waals surface area contributed by atoms with Crippen molar-refractivity contribution in [2.75, 3.05) is 10.7 Å². The minimum absolute atomic E-state index is 0.0520. The second-order valence-electron chi connectivity index (χ2n) is 6.42. The molecule has 0 radical (unpaired) electrons. The van der Waals surface area contributed by atoms with Crippen LogP contribution in [0.5, 0.6) is 0 Å². The molecule has 4 nitrogen and oxygen atoms in total. The summed E-state index contributed by atoms with van der Waals surface area (Å²) >= 11 is 1.55. The summed E-state index contributed by atoms with van der Waals surface area (Å²) in [6.45, 7) is 4.02. The Kier molecular flexibility index (Phi) is 5.13. The summed E-state index contributed by atoms with van der Waals surface area (Å²) in [6, 6.07) is 15.6. The van der Waals surface area contributed by atoms with Gasteiger partial charge in [-0.3, -0.25) is 9.59 Å². The van der Waals surface area contributed by atoms with Gasteiger partial charge in [0.25, 0.3) is 0 Å². The van der Waals surface area contributed by atoms with E-state index in [4.69, 9.17) is 5.73 Å². The summed E-state index contributed by atoms with van der Waals surface area (Å²) < 4.78 is 0. The van der Waals surface area contributed by atoms with E-state index >= 15 is 0 Å². The number of thioether (sulfide) groups is 1. The molecule has 25 heavy (non-hydrogen) atoms. The van der Waals surface area contributed by atoms with Crippen molar-refractivity contribution in [1.82, 2.24) is 0 Å². The summed E-state index contributed by atoms with van der Waals surface area (Å²) in [7, 11) is 0. The van der Waals surface area contributed by atoms with E-state index in [1.54, 1.807) is 11.8 Å². The molecule has 1 aliphatic heterocycles. The average molecular weight is 354 g/mol. The van der Waals surface area contributed by atoms with Crippen LogP contribution in [0.25, 0.3) is 0 Å². The van der Waals surface area contributed by atoms with E-state index in [1.165, 1.54) is 5.56 Å². The number of primary amides is 1. The van der Waals surface area contributed by atoms with Crippen molar-refractivity contribution in [3.8, 4) is 0 Å². The third-order valence-electron chi connectivity index (χ3n) is 4.65. The molecule has 1 heterocycles. The van der Waals surface area contributed by atoms with Gasteiger partial charge < -0.3 is 10.6 Å². The SMILES string of the molecule is Cc1ccccc1SCC(=O)N1c2ccccc2[C@H](C(N)=O)C[C@@H]1C. The molecule has 0 saturated heterocycles. The summed E-state index contributed by atoms with van der Waals surface area (Å²) in [5, 5.41) is 0. The summed E-state index contributed by atoms with van der Waals surface area (Å²) in [5.74, 6) is -0.249. The summed E-state index contributed by atoms with van der Waals surface area (Å²) in [5.41, 5.74) is 8.39. The number of aryl methyl sites for hydroxylation is 1. The number of carbonyl (C=O) groups excluding carboxylic acids is 2. The normalized spacial score (nSPS) is 19.4. The maximum Gasteiger partial charge on any atom is 0.237 e. The van der Waals surface area contributed by atoms with E-state index in [2.05, 4.69) is 0 Å². The van der Waals surface area contributed by atoms with Crippen molar-refractivity contribution < 1.29 is 9.59 Å². The Morgan fingerprint density at radius 3 is 2.56 bits per heavy atom. The molecule has 2 atom stereocenters. The molecule has 2 aromatic carbocycles. The number of benzene rings is 2. The first kappa shape index (κ1) is 17.5. The number of nitrogens with zero attached hydrogens (tertiary/aromatic N) is 1. The molecule has 1 aliphatic rings. The first-order chi connectivity index (χ1) is 12.0. The highest BCUT2D eigenvalue weighted by atomic mass is 32.2. The van der Waals surface area contributed by atoms with Gasteiger partial charge in [0.15, 0.2) is 0 Å². The third-order valence-corrected chi connectivity index (χ3v) is 5.81. The zero-order valence-corrected chi connectivity index (χ0v) is 15.3. The number of nitrogens with two attached hydrogens (primary N) is 1. The van der Waals surface area contributed by atoms with Gasteiger partial charge in [0.1, 0.15) is 0 Å². The lowest BCUT2D eigenvalue weighted by atomic mass is 9.85. The lowest BCUT2D eigenvalue weighted by molar-refractivity contribution is -0.121. The number of hydrogen-bond acceptors (Lipinski definition) is 3. The Morgan fingerprint density at radius 2 is 1.84 bits per heavy atom. The fourth-order valence-corrected chi connectivity index (χ4v) is 4.28. The third kappa shape index (κ3) is 3.56. The van der Waals surface area contributed by atoms with Gasteiger partial charge in [-0.05, 0) is 43.5 Å². The Labute approximate surface area is 152 Å². The second-order valence-corrected chi connectivity index (χ2v) is 7.43. The molecule has 2 aromatic rings. The van der Waals surface area contributed by atoms with Crippen LogP contribution in [0.2, 0.25) is 0 Å². The van der Waals surface area contributed by atoms with Gasteiger partial charge in [-0.2, -0.15) is 0 Å². The second kappa shape index (κ2) is 7.31. The largest absolute Gasteiger partial charge is 0.369 e. The van der Waals surface area contributed by atoms with Crippen LogP contribution in [0.15, 0.2) is 53.4 Å². The first-order valence-electron chi connectivity index (χ1n) is 8.37. The molecule has 0 aromatic heterocycles. The molecule has 5 heteroatoms. The number of rotatable bonds is 4. The quantitative estimate of drug-likeness (QED) is 0.855. The van der Waals surface area contributed by atoms with Gasteiger partial charge in [-0.15, -0.1) is 11.8 Å². The highest BCUT2D eigenvalue weighted by Crippen LogP contribution is 2.38. The Morgan fingerprint density at radius 1 is 1.16 bits per heavy atom. The summed E-state index contributed by atoms with van der Waals surface area (Å²) in [4.78, 5) is 27.7. The topological polar surface area (TPSA) is 63.4 Å². The number of anilines is 1. The standard InChI is InChI=1S/C20H22N2O2S/c1-13-7-3-6-10-18(13)25-12-19(23)22-14(2)11-16(20(21)24)15-8-4-5-9-17(15)22/h3-10,14,16H,11-12H2,1-2H3,(H2,21,24)/t14-,16+/m0/s1. The number of hydrogen-bond donors (Lipinski definition) is 1. The van der Waals surface area contributed by atoms with E-state index < -0.39 is 0 Å².